The molecule has 0 atom stereocenters. The first-order valence-corrected chi connectivity index (χ1v) is 11.5. The number of nitrogens with zero attached hydrogens (tertiary/aromatic N) is 5. The van der Waals surface area contributed by atoms with Crippen LogP contribution in [0.1, 0.15) is 45.2 Å². The average Bonchev–Trinajstić information content (AvgIpc) is 3.21. The average molecular weight is 420 g/mol. The molecule has 2 heterocycles. The van der Waals surface area contributed by atoms with Crippen molar-refractivity contribution < 1.29 is 0 Å². The summed E-state index contributed by atoms with van der Waals surface area (Å²) >= 11 is 0. The van der Waals surface area contributed by atoms with Crippen LogP contribution < -0.4 is 15.5 Å². The van der Waals surface area contributed by atoms with E-state index >= 15 is 0 Å². The normalized spacial score (nSPS) is 14.5. The highest BCUT2D eigenvalue weighted by molar-refractivity contribution is 5.54. The second kappa shape index (κ2) is 9.41. The number of piperazine rings is 1. The second-order valence-electron chi connectivity index (χ2n) is 8.21. The van der Waals surface area contributed by atoms with Gasteiger partial charge in [0.05, 0.1) is 11.7 Å². The van der Waals surface area contributed by atoms with Gasteiger partial charge >= 0.3 is 5.69 Å². The minimum absolute atomic E-state index is 0.0656. The molecular formula is C25H33N5O. The Morgan fingerprint density at radius 2 is 1.26 bits per heavy atom. The Balaban J connectivity index is 1.42. The van der Waals surface area contributed by atoms with Gasteiger partial charge in [0, 0.05) is 37.6 Å². The van der Waals surface area contributed by atoms with Crippen LogP contribution in [-0.4, -0.2) is 40.5 Å². The Morgan fingerprint density at radius 1 is 0.774 bits per heavy atom. The Bertz CT molecular complexity index is 1020. The highest BCUT2D eigenvalue weighted by Gasteiger charge is 2.18. The molecule has 6 nitrogen and oxygen atoms in total. The number of benzene rings is 2. The fourth-order valence-electron chi connectivity index (χ4n) is 4.37. The van der Waals surface area contributed by atoms with Crippen LogP contribution in [0.2, 0.25) is 0 Å². The lowest BCUT2D eigenvalue weighted by Crippen LogP contribution is -2.46. The van der Waals surface area contributed by atoms with E-state index in [4.69, 9.17) is 0 Å². The van der Waals surface area contributed by atoms with Crippen molar-refractivity contribution in [3.05, 3.63) is 70.9 Å². The van der Waals surface area contributed by atoms with E-state index in [0.717, 1.165) is 51.1 Å². The van der Waals surface area contributed by atoms with Crippen molar-refractivity contribution in [3.8, 4) is 5.69 Å². The molecule has 0 amide bonds. The second-order valence-corrected chi connectivity index (χ2v) is 8.21. The zero-order chi connectivity index (χ0) is 21.8. The Hall–Kier alpha value is -3.02. The van der Waals surface area contributed by atoms with Crippen molar-refractivity contribution in [2.24, 2.45) is 0 Å². The van der Waals surface area contributed by atoms with E-state index in [1.807, 2.05) is 12.1 Å². The van der Waals surface area contributed by atoms with E-state index < -0.39 is 0 Å². The molecule has 0 saturated carbocycles. The van der Waals surface area contributed by atoms with E-state index in [1.165, 1.54) is 16.9 Å². The van der Waals surface area contributed by atoms with Crippen LogP contribution in [-0.2, 0) is 6.42 Å². The van der Waals surface area contributed by atoms with E-state index in [-0.39, 0.29) is 11.7 Å². The minimum atomic E-state index is -0.0656. The van der Waals surface area contributed by atoms with Gasteiger partial charge in [-0.3, -0.25) is 0 Å². The van der Waals surface area contributed by atoms with Crippen molar-refractivity contribution in [1.82, 2.24) is 14.3 Å². The molecule has 2 aromatic carbocycles. The Kier molecular flexibility index (Phi) is 6.44. The van der Waals surface area contributed by atoms with Gasteiger partial charge in [-0.2, -0.15) is 5.10 Å². The van der Waals surface area contributed by atoms with Gasteiger partial charge < -0.3 is 9.80 Å². The number of aryl methyl sites for hydroxylation is 1. The molecule has 1 fully saturated rings. The molecule has 4 rings (SSSR count). The maximum atomic E-state index is 12.8. The smallest absolute Gasteiger partial charge is 0.350 e. The number of rotatable bonds is 7. The molecule has 0 radical (unpaired) electrons. The summed E-state index contributed by atoms with van der Waals surface area (Å²) in [5.74, 6) is 0. The van der Waals surface area contributed by atoms with E-state index in [1.54, 1.807) is 15.6 Å². The van der Waals surface area contributed by atoms with Crippen LogP contribution in [0.15, 0.2) is 59.7 Å². The molecule has 31 heavy (non-hydrogen) atoms. The fraction of sp³-hybridized carbons (Fsp3) is 0.440. The van der Waals surface area contributed by atoms with Crippen molar-refractivity contribution in [2.45, 2.75) is 46.1 Å². The summed E-state index contributed by atoms with van der Waals surface area (Å²) in [7, 11) is 0. The quantitative estimate of drug-likeness (QED) is 0.573. The Morgan fingerprint density at radius 3 is 1.74 bits per heavy atom. The Labute approximate surface area is 184 Å². The maximum Gasteiger partial charge on any atom is 0.350 e. The third-order valence-electron chi connectivity index (χ3n) is 6.46. The van der Waals surface area contributed by atoms with Crippen LogP contribution in [0.4, 0.5) is 11.4 Å². The molecule has 164 valence electrons. The molecule has 0 N–H and O–H groups in total. The lowest BCUT2D eigenvalue weighted by Gasteiger charge is -2.37. The predicted molar refractivity (Wildman–Crippen MR) is 128 cm³/mol. The monoisotopic (exact) mass is 419 g/mol. The summed E-state index contributed by atoms with van der Waals surface area (Å²) in [5, 5.41) is 4.35. The van der Waals surface area contributed by atoms with Gasteiger partial charge in [0.1, 0.15) is 6.33 Å². The molecule has 0 bridgehead atoms. The van der Waals surface area contributed by atoms with Crippen molar-refractivity contribution >= 4 is 11.4 Å². The SMILES string of the molecule is CCc1ccc(N2CCN(c3ccc(-n4cnn(C(CC)CC)c4=O)cc3)CC2)cc1. The van der Waals surface area contributed by atoms with Crippen molar-refractivity contribution in [3.63, 3.8) is 0 Å². The third-order valence-corrected chi connectivity index (χ3v) is 6.46. The molecule has 0 spiro atoms. The van der Waals surface area contributed by atoms with Crippen LogP contribution in [0, 0.1) is 0 Å². The maximum absolute atomic E-state index is 12.8. The first-order chi connectivity index (χ1) is 15.1. The molecule has 6 heteroatoms. The number of hydrogen-bond donors (Lipinski definition) is 0. The summed E-state index contributed by atoms with van der Waals surface area (Å²) in [4.78, 5) is 17.6. The van der Waals surface area contributed by atoms with E-state index in [0.29, 0.717) is 0 Å². The first-order valence-electron chi connectivity index (χ1n) is 11.5. The van der Waals surface area contributed by atoms with E-state index in [9.17, 15) is 4.79 Å². The summed E-state index contributed by atoms with van der Waals surface area (Å²) in [6.45, 7) is 10.4. The van der Waals surface area contributed by atoms with Gasteiger partial charge in [-0.15, -0.1) is 0 Å². The highest BCUT2D eigenvalue weighted by atomic mass is 16.2. The summed E-state index contributed by atoms with van der Waals surface area (Å²) in [6.07, 6.45) is 4.52. The van der Waals surface area contributed by atoms with Crippen LogP contribution in [0.25, 0.3) is 5.69 Å². The largest absolute Gasteiger partial charge is 0.368 e. The van der Waals surface area contributed by atoms with Crippen molar-refractivity contribution in [1.29, 1.82) is 0 Å². The highest BCUT2D eigenvalue weighted by Crippen LogP contribution is 2.22. The van der Waals surface area contributed by atoms with Gasteiger partial charge in [0.25, 0.3) is 0 Å². The van der Waals surface area contributed by atoms with Gasteiger partial charge in [0.2, 0.25) is 0 Å². The molecule has 3 aromatic rings. The lowest BCUT2D eigenvalue weighted by molar-refractivity contribution is 0.414. The van der Waals surface area contributed by atoms with Gasteiger partial charge in [-0.25, -0.2) is 14.0 Å². The summed E-state index contributed by atoms with van der Waals surface area (Å²) in [5.41, 5.74) is 4.68. The molecule has 1 aliphatic heterocycles. The molecular weight excluding hydrogens is 386 g/mol. The van der Waals surface area contributed by atoms with Crippen LogP contribution in [0.3, 0.4) is 0 Å². The predicted octanol–water partition coefficient (Wildman–Crippen LogP) is 4.28. The molecule has 1 aliphatic rings. The minimum Gasteiger partial charge on any atom is -0.368 e. The van der Waals surface area contributed by atoms with Gasteiger partial charge in [0.15, 0.2) is 0 Å². The zero-order valence-corrected chi connectivity index (χ0v) is 18.9. The van der Waals surface area contributed by atoms with E-state index in [2.05, 4.69) is 72.1 Å². The van der Waals surface area contributed by atoms with Gasteiger partial charge in [-0.05, 0) is 61.2 Å². The topological polar surface area (TPSA) is 46.3 Å². The first kappa shape index (κ1) is 21.2. The fourth-order valence-corrected chi connectivity index (χ4v) is 4.37. The summed E-state index contributed by atoms with van der Waals surface area (Å²) < 4.78 is 3.25. The third kappa shape index (κ3) is 4.38. The number of hydrogen-bond acceptors (Lipinski definition) is 4. The number of aromatic nitrogens is 3. The van der Waals surface area contributed by atoms with Crippen LogP contribution >= 0.6 is 0 Å². The number of anilines is 2. The van der Waals surface area contributed by atoms with Crippen LogP contribution in [0.5, 0.6) is 0 Å². The lowest BCUT2D eigenvalue weighted by atomic mass is 10.1. The van der Waals surface area contributed by atoms with Crippen molar-refractivity contribution in [2.75, 3.05) is 36.0 Å². The zero-order valence-electron chi connectivity index (χ0n) is 18.9. The molecule has 0 aliphatic carbocycles. The molecule has 0 unspecified atom stereocenters. The van der Waals surface area contributed by atoms with Gasteiger partial charge in [-0.1, -0.05) is 32.9 Å². The molecule has 1 saturated heterocycles. The standard InChI is InChI=1S/C25H33N5O/c1-4-20-7-9-22(10-8-20)27-15-17-28(18-16-27)23-11-13-24(14-12-23)29-19-26-30(25(29)31)21(5-2)6-3/h7-14,19,21H,4-6,15-18H2,1-3H3. The molecule has 1 aromatic heterocycles. The summed E-state index contributed by atoms with van der Waals surface area (Å²) in [6, 6.07) is 17.4.